The van der Waals surface area contributed by atoms with Crippen LogP contribution in [0.25, 0.3) is 0 Å². The molecule has 0 aromatic heterocycles. The maximum atomic E-state index is 12.0. The zero-order valence-electron chi connectivity index (χ0n) is 17.8. The molecule has 0 bridgehead atoms. The molecule has 1 aromatic rings. The van der Waals surface area contributed by atoms with Crippen LogP contribution >= 0.6 is 0 Å². The lowest BCUT2D eigenvalue weighted by molar-refractivity contribution is -0.141. The third-order valence-electron chi connectivity index (χ3n) is 4.09. The Morgan fingerprint density at radius 1 is 0.733 bits per heavy atom. The molecule has 0 spiro atoms. The Balaban J connectivity index is 2.50. The molecule has 7 heteroatoms. The number of methoxy groups -OCH3 is 4. The van der Waals surface area contributed by atoms with Crippen molar-refractivity contribution >= 4 is 17.5 Å². The minimum Gasteiger partial charge on any atom is -0.493 e. The van der Waals surface area contributed by atoms with Crippen LogP contribution in [0.1, 0.15) is 24.8 Å². The van der Waals surface area contributed by atoms with Gasteiger partial charge >= 0.3 is 5.97 Å². The van der Waals surface area contributed by atoms with E-state index in [1.807, 2.05) is 12.1 Å². The lowest BCUT2D eigenvalue weighted by Gasteiger charge is -2.13. The van der Waals surface area contributed by atoms with Gasteiger partial charge in [0.25, 0.3) is 0 Å². The molecule has 162 valence electrons. The zero-order valence-corrected chi connectivity index (χ0v) is 17.8. The topological polar surface area (TPSA) is 88.1 Å². The molecule has 0 aliphatic rings. The normalized spacial score (nSPS) is 11.2. The van der Waals surface area contributed by atoms with Crippen LogP contribution in [0.4, 0.5) is 0 Å². The van der Waals surface area contributed by atoms with Crippen molar-refractivity contribution in [2.45, 2.75) is 25.7 Å². The summed E-state index contributed by atoms with van der Waals surface area (Å²) in [5.41, 5.74) is 0.898. The van der Waals surface area contributed by atoms with Crippen LogP contribution in [0.3, 0.4) is 0 Å². The van der Waals surface area contributed by atoms with Crippen molar-refractivity contribution in [3.05, 3.63) is 54.2 Å². The first-order valence-electron chi connectivity index (χ1n) is 9.37. The smallest absolute Gasteiger partial charge is 0.305 e. The van der Waals surface area contributed by atoms with E-state index in [1.54, 1.807) is 38.5 Å². The van der Waals surface area contributed by atoms with Gasteiger partial charge in [-0.15, -0.1) is 0 Å². The number of aryl methyl sites for hydroxylation is 1. The Labute approximate surface area is 177 Å². The standard InChI is InChI=1S/C23H28O7/c1-27-20-15-17(16-21(28-2)23(20)30-4)11-12-18(24)9-7-5-6-8-10-19(25)13-14-22(26)29-3/h5-10,15-16H,11-14H2,1-4H3/b6-5+,9-7+,10-8+. The molecule has 0 aliphatic carbocycles. The predicted molar refractivity (Wildman–Crippen MR) is 113 cm³/mol. The molecule has 0 N–H and O–H groups in total. The zero-order chi connectivity index (χ0) is 22.4. The van der Waals surface area contributed by atoms with Gasteiger partial charge in [-0.25, -0.2) is 0 Å². The minimum absolute atomic E-state index is 0.0356. The van der Waals surface area contributed by atoms with E-state index in [1.165, 1.54) is 26.4 Å². The van der Waals surface area contributed by atoms with Gasteiger partial charge in [0.15, 0.2) is 23.1 Å². The Morgan fingerprint density at radius 3 is 1.73 bits per heavy atom. The Kier molecular flexibility index (Phi) is 11.3. The van der Waals surface area contributed by atoms with Crippen LogP contribution in [-0.2, 0) is 25.5 Å². The predicted octanol–water partition coefficient (Wildman–Crippen LogP) is 3.41. The average molecular weight is 416 g/mol. The quantitative estimate of drug-likeness (QED) is 0.277. The fourth-order valence-electron chi connectivity index (χ4n) is 2.50. The molecule has 0 aliphatic heterocycles. The summed E-state index contributed by atoms with van der Waals surface area (Å²) in [5.74, 6) is 0.982. The lowest BCUT2D eigenvalue weighted by Crippen LogP contribution is -2.03. The van der Waals surface area contributed by atoms with E-state index >= 15 is 0 Å². The van der Waals surface area contributed by atoms with E-state index in [0.717, 1.165) is 5.56 Å². The van der Waals surface area contributed by atoms with Crippen molar-refractivity contribution in [1.82, 2.24) is 0 Å². The lowest BCUT2D eigenvalue weighted by atomic mass is 10.1. The molecule has 0 amide bonds. The summed E-state index contributed by atoms with van der Waals surface area (Å²) < 4.78 is 20.4. The number of hydrogen-bond donors (Lipinski definition) is 0. The number of hydrogen-bond acceptors (Lipinski definition) is 7. The van der Waals surface area contributed by atoms with Crippen LogP contribution in [0.5, 0.6) is 17.2 Å². The van der Waals surface area contributed by atoms with E-state index in [0.29, 0.717) is 30.1 Å². The second kappa shape index (κ2) is 13.8. The third kappa shape index (κ3) is 8.77. The molecule has 0 heterocycles. The van der Waals surface area contributed by atoms with Crippen molar-refractivity contribution in [1.29, 1.82) is 0 Å². The van der Waals surface area contributed by atoms with Gasteiger partial charge in [0.1, 0.15) is 0 Å². The second-order valence-corrected chi connectivity index (χ2v) is 6.15. The van der Waals surface area contributed by atoms with E-state index in [-0.39, 0.29) is 24.4 Å². The average Bonchev–Trinajstić information content (AvgIpc) is 2.77. The van der Waals surface area contributed by atoms with Gasteiger partial charge in [0, 0.05) is 12.8 Å². The Hall–Kier alpha value is -3.35. The Bertz CT molecular complexity index is 794. The van der Waals surface area contributed by atoms with Gasteiger partial charge in [0.05, 0.1) is 34.9 Å². The fourth-order valence-corrected chi connectivity index (χ4v) is 2.50. The van der Waals surface area contributed by atoms with Crippen LogP contribution in [-0.4, -0.2) is 46.0 Å². The van der Waals surface area contributed by atoms with Gasteiger partial charge in [0.2, 0.25) is 5.75 Å². The molecule has 0 radical (unpaired) electrons. The summed E-state index contributed by atoms with van der Waals surface area (Å²) in [6, 6.07) is 3.64. The number of ketones is 2. The molecule has 0 saturated carbocycles. The number of carbonyl (C=O) groups excluding carboxylic acids is 3. The Morgan fingerprint density at radius 2 is 1.27 bits per heavy atom. The molecule has 0 fully saturated rings. The summed E-state index contributed by atoms with van der Waals surface area (Å²) in [6.07, 6.45) is 10.3. The highest BCUT2D eigenvalue weighted by atomic mass is 16.5. The largest absolute Gasteiger partial charge is 0.493 e. The number of ether oxygens (including phenoxy) is 4. The van der Waals surface area contributed by atoms with Gasteiger partial charge < -0.3 is 18.9 Å². The van der Waals surface area contributed by atoms with E-state index in [9.17, 15) is 14.4 Å². The maximum Gasteiger partial charge on any atom is 0.305 e. The molecule has 1 aromatic carbocycles. The second-order valence-electron chi connectivity index (χ2n) is 6.15. The van der Waals surface area contributed by atoms with Gasteiger partial charge in [-0.3, -0.25) is 14.4 Å². The highest BCUT2D eigenvalue weighted by molar-refractivity contribution is 5.92. The molecule has 0 atom stereocenters. The first kappa shape index (κ1) is 24.7. The van der Waals surface area contributed by atoms with Gasteiger partial charge in [-0.2, -0.15) is 0 Å². The highest BCUT2D eigenvalue weighted by Crippen LogP contribution is 2.38. The van der Waals surface area contributed by atoms with Crippen LogP contribution in [0, 0.1) is 0 Å². The monoisotopic (exact) mass is 416 g/mol. The number of allylic oxidation sites excluding steroid dienone is 6. The van der Waals surface area contributed by atoms with Crippen molar-refractivity contribution in [2.75, 3.05) is 28.4 Å². The van der Waals surface area contributed by atoms with Crippen molar-refractivity contribution in [3.8, 4) is 17.2 Å². The summed E-state index contributed by atoms with van der Waals surface area (Å²) in [4.78, 5) is 34.5. The number of carbonyl (C=O) groups is 3. The molecule has 7 nitrogen and oxygen atoms in total. The van der Waals surface area contributed by atoms with Gasteiger partial charge in [-0.05, 0) is 36.3 Å². The maximum absolute atomic E-state index is 12.0. The van der Waals surface area contributed by atoms with Crippen LogP contribution < -0.4 is 14.2 Å². The van der Waals surface area contributed by atoms with Gasteiger partial charge in [-0.1, -0.05) is 24.3 Å². The molecule has 1 rings (SSSR count). The van der Waals surface area contributed by atoms with Crippen molar-refractivity contribution in [2.24, 2.45) is 0 Å². The SMILES string of the molecule is COC(=O)CCC(=O)/C=C/C=C/C=C/C(=O)CCc1cc(OC)c(OC)c(OC)c1. The molecular formula is C23H28O7. The molecule has 30 heavy (non-hydrogen) atoms. The highest BCUT2D eigenvalue weighted by Gasteiger charge is 2.13. The fraction of sp³-hybridized carbons (Fsp3) is 0.348. The van der Waals surface area contributed by atoms with Crippen molar-refractivity contribution in [3.63, 3.8) is 0 Å². The summed E-state index contributed by atoms with van der Waals surface area (Å²) in [6.45, 7) is 0. The number of rotatable bonds is 13. The van der Waals surface area contributed by atoms with E-state index in [2.05, 4.69) is 4.74 Å². The van der Waals surface area contributed by atoms with Crippen molar-refractivity contribution < 1.29 is 33.3 Å². The number of benzene rings is 1. The first-order valence-corrected chi connectivity index (χ1v) is 9.37. The molecule has 0 saturated heterocycles. The van der Waals surface area contributed by atoms with E-state index < -0.39 is 5.97 Å². The third-order valence-corrected chi connectivity index (χ3v) is 4.09. The first-order chi connectivity index (χ1) is 14.4. The number of esters is 1. The van der Waals surface area contributed by atoms with Crippen LogP contribution in [0.15, 0.2) is 48.6 Å². The summed E-state index contributed by atoms with van der Waals surface area (Å²) in [5, 5.41) is 0. The molecule has 0 unspecified atom stereocenters. The summed E-state index contributed by atoms with van der Waals surface area (Å²) >= 11 is 0. The van der Waals surface area contributed by atoms with Crippen LogP contribution in [0.2, 0.25) is 0 Å². The minimum atomic E-state index is -0.416. The van der Waals surface area contributed by atoms with E-state index in [4.69, 9.17) is 14.2 Å². The molecular weight excluding hydrogens is 388 g/mol. The summed E-state index contributed by atoms with van der Waals surface area (Å²) in [7, 11) is 5.91.